The van der Waals surface area contributed by atoms with Crippen LogP contribution in [0, 0.1) is 0 Å². The van der Waals surface area contributed by atoms with Crippen molar-refractivity contribution in [2.45, 2.75) is 20.3 Å². The van der Waals surface area contributed by atoms with Crippen LogP contribution in [0.5, 0.6) is 0 Å². The summed E-state index contributed by atoms with van der Waals surface area (Å²) in [5, 5.41) is 0. The summed E-state index contributed by atoms with van der Waals surface area (Å²) < 4.78 is 4.97. The van der Waals surface area contributed by atoms with Crippen LogP contribution in [-0.4, -0.2) is 0 Å². The standard InChI is InChI=1S/C7H10O/c1-6-3-7(2)5-8-4-6/h4-5H,3H2,1-2H3. The molecule has 0 aromatic heterocycles. The first kappa shape index (κ1) is 5.42. The molecule has 0 aromatic rings. The van der Waals surface area contributed by atoms with Gasteiger partial charge in [-0.1, -0.05) is 0 Å². The van der Waals surface area contributed by atoms with Crippen molar-refractivity contribution in [2.24, 2.45) is 0 Å². The fourth-order valence-electron chi connectivity index (χ4n) is 0.789. The molecule has 0 aromatic carbocycles. The molecule has 1 rings (SSSR count). The maximum atomic E-state index is 4.97. The highest BCUT2D eigenvalue weighted by atomic mass is 16.5. The van der Waals surface area contributed by atoms with Gasteiger partial charge in [-0.2, -0.15) is 0 Å². The van der Waals surface area contributed by atoms with Gasteiger partial charge in [0.25, 0.3) is 0 Å². The third kappa shape index (κ3) is 1.12. The van der Waals surface area contributed by atoms with Crippen molar-refractivity contribution in [1.29, 1.82) is 0 Å². The maximum Gasteiger partial charge on any atom is 0.0893 e. The van der Waals surface area contributed by atoms with Crippen LogP contribution < -0.4 is 0 Å². The Balaban J connectivity index is 2.57. The van der Waals surface area contributed by atoms with E-state index in [-0.39, 0.29) is 0 Å². The lowest BCUT2D eigenvalue weighted by Crippen LogP contribution is -1.87. The van der Waals surface area contributed by atoms with Gasteiger partial charge in [0.05, 0.1) is 12.5 Å². The molecule has 1 nitrogen and oxygen atoms in total. The van der Waals surface area contributed by atoms with E-state index in [1.807, 2.05) is 0 Å². The summed E-state index contributed by atoms with van der Waals surface area (Å²) in [5.74, 6) is 0. The van der Waals surface area contributed by atoms with Crippen LogP contribution in [0.15, 0.2) is 23.7 Å². The van der Waals surface area contributed by atoms with E-state index in [0.717, 1.165) is 6.42 Å². The van der Waals surface area contributed by atoms with E-state index in [4.69, 9.17) is 4.74 Å². The first-order valence-electron chi connectivity index (χ1n) is 2.76. The van der Waals surface area contributed by atoms with Crippen molar-refractivity contribution < 1.29 is 4.74 Å². The maximum absolute atomic E-state index is 4.97. The molecule has 0 atom stereocenters. The molecule has 0 unspecified atom stereocenters. The minimum Gasteiger partial charge on any atom is -0.473 e. The Morgan fingerprint density at radius 3 is 2.00 bits per heavy atom. The van der Waals surface area contributed by atoms with Gasteiger partial charge in [-0.15, -0.1) is 0 Å². The second-order valence-corrected chi connectivity index (χ2v) is 2.24. The summed E-state index contributed by atoms with van der Waals surface area (Å²) >= 11 is 0. The molecule has 1 heteroatoms. The topological polar surface area (TPSA) is 9.23 Å². The molecule has 0 amide bonds. The van der Waals surface area contributed by atoms with Crippen LogP contribution in [-0.2, 0) is 4.74 Å². The minimum atomic E-state index is 1.07. The Bertz CT molecular complexity index is 126. The van der Waals surface area contributed by atoms with Gasteiger partial charge in [-0.05, 0) is 31.4 Å². The predicted molar refractivity (Wildman–Crippen MR) is 33.2 cm³/mol. The molecule has 0 spiro atoms. The number of allylic oxidation sites excluding steroid dienone is 2. The zero-order chi connectivity index (χ0) is 5.98. The Morgan fingerprint density at radius 1 is 1.25 bits per heavy atom. The quantitative estimate of drug-likeness (QED) is 0.464. The Labute approximate surface area is 49.7 Å². The van der Waals surface area contributed by atoms with Gasteiger partial charge in [0.2, 0.25) is 0 Å². The zero-order valence-corrected chi connectivity index (χ0v) is 5.27. The lowest BCUT2D eigenvalue weighted by atomic mass is 10.1. The van der Waals surface area contributed by atoms with Crippen molar-refractivity contribution in [2.75, 3.05) is 0 Å². The molecule has 0 fully saturated rings. The summed E-state index contributed by atoms with van der Waals surface area (Å²) in [6.07, 6.45) is 4.64. The van der Waals surface area contributed by atoms with E-state index in [9.17, 15) is 0 Å². The number of rotatable bonds is 0. The van der Waals surface area contributed by atoms with Gasteiger partial charge in [0.1, 0.15) is 0 Å². The number of ether oxygens (including phenoxy) is 1. The highest BCUT2D eigenvalue weighted by Gasteiger charge is 1.96. The predicted octanol–water partition coefficient (Wildman–Crippen LogP) is 2.21. The summed E-state index contributed by atoms with van der Waals surface area (Å²) in [4.78, 5) is 0. The second kappa shape index (κ2) is 2.03. The highest BCUT2D eigenvalue weighted by Crippen LogP contribution is 2.14. The number of hydrogen-bond acceptors (Lipinski definition) is 1. The largest absolute Gasteiger partial charge is 0.473 e. The summed E-state index contributed by atoms with van der Waals surface area (Å²) in [5.41, 5.74) is 2.59. The van der Waals surface area contributed by atoms with Gasteiger partial charge >= 0.3 is 0 Å². The van der Waals surface area contributed by atoms with Gasteiger partial charge < -0.3 is 4.74 Å². The van der Waals surface area contributed by atoms with E-state index in [1.54, 1.807) is 12.5 Å². The first-order chi connectivity index (χ1) is 3.79. The van der Waals surface area contributed by atoms with E-state index in [0.29, 0.717) is 0 Å². The molecule has 0 radical (unpaired) electrons. The molecule has 1 aliphatic heterocycles. The van der Waals surface area contributed by atoms with Gasteiger partial charge in [0, 0.05) is 0 Å². The van der Waals surface area contributed by atoms with Gasteiger partial charge in [-0.3, -0.25) is 0 Å². The lowest BCUT2D eigenvalue weighted by molar-refractivity contribution is 0.381. The SMILES string of the molecule is CC1=COC=C(C)C1. The zero-order valence-electron chi connectivity index (χ0n) is 5.27. The molecular formula is C7H10O. The van der Waals surface area contributed by atoms with Crippen molar-refractivity contribution in [3.05, 3.63) is 23.7 Å². The molecule has 8 heavy (non-hydrogen) atoms. The van der Waals surface area contributed by atoms with Gasteiger partial charge in [-0.25, -0.2) is 0 Å². The van der Waals surface area contributed by atoms with Crippen LogP contribution in [0.1, 0.15) is 20.3 Å². The third-order valence-corrected chi connectivity index (χ3v) is 1.10. The summed E-state index contributed by atoms with van der Waals surface area (Å²) in [6, 6.07) is 0. The Morgan fingerprint density at radius 2 is 1.75 bits per heavy atom. The molecule has 0 N–H and O–H groups in total. The van der Waals surface area contributed by atoms with Crippen LogP contribution in [0.25, 0.3) is 0 Å². The van der Waals surface area contributed by atoms with Crippen LogP contribution in [0.3, 0.4) is 0 Å². The van der Waals surface area contributed by atoms with Gasteiger partial charge in [0.15, 0.2) is 0 Å². The fourth-order valence-corrected chi connectivity index (χ4v) is 0.789. The molecule has 0 bridgehead atoms. The monoisotopic (exact) mass is 110 g/mol. The smallest absolute Gasteiger partial charge is 0.0893 e. The summed E-state index contributed by atoms with van der Waals surface area (Å²) in [7, 11) is 0. The molecule has 0 saturated carbocycles. The van der Waals surface area contributed by atoms with Crippen LogP contribution in [0.2, 0.25) is 0 Å². The van der Waals surface area contributed by atoms with Crippen molar-refractivity contribution in [1.82, 2.24) is 0 Å². The van der Waals surface area contributed by atoms with Crippen molar-refractivity contribution in [3.8, 4) is 0 Å². The highest BCUT2D eigenvalue weighted by molar-refractivity contribution is 5.12. The fraction of sp³-hybridized carbons (Fsp3) is 0.429. The van der Waals surface area contributed by atoms with Crippen LogP contribution >= 0.6 is 0 Å². The molecular weight excluding hydrogens is 100 g/mol. The average molecular weight is 110 g/mol. The molecule has 1 aliphatic rings. The molecule has 1 heterocycles. The average Bonchev–Trinajstić information content (AvgIpc) is 1.64. The minimum absolute atomic E-state index is 1.07. The normalized spacial score (nSPS) is 18.8. The summed E-state index contributed by atoms with van der Waals surface area (Å²) in [6.45, 7) is 4.13. The van der Waals surface area contributed by atoms with E-state index >= 15 is 0 Å². The third-order valence-electron chi connectivity index (χ3n) is 1.10. The van der Waals surface area contributed by atoms with E-state index in [2.05, 4.69) is 13.8 Å². The van der Waals surface area contributed by atoms with E-state index in [1.165, 1.54) is 11.1 Å². The Kier molecular flexibility index (Phi) is 1.38. The molecule has 44 valence electrons. The molecule has 0 aliphatic carbocycles. The second-order valence-electron chi connectivity index (χ2n) is 2.24. The Hall–Kier alpha value is -0.720. The van der Waals surface area contributed by atoms with Crippen LogP contribution in [0.4, 0.5) is 0 Å². The van der Waals surface area contributed by atoms with E-state index < -0.39 is 0 Å². The molecule has 0 saturated heterocycles. The van der Waals surface area contributed by atoms with Crippen molar-refractivity contribution in [3.63, 3.8) is 0 Å². The first-order valence-corrected chi connectivity index (χ1v) is 2.76. The van der Waals surface area contributed by atoms with Crippen molar-refractivity contribution >= 4 is 0 Å². The number of hydrogen-bond donors (Lipinski definition) is 0. The lowest BCUT2D eigenvalue weighted by Gasteiger charge is -2.06.